The summed E-state index contributed by atoms with van der Waals surface area (Å²) in [7, 11) is 3.19. The quantitative estimate of drug-likeness (QED) is 0.669. The molecule has 1 aromatic rings. The van der Waals surface area contributed by atoms with Crippen LogP contribution in [0.1, 0.15) is 39.7 Å². The van der Waals surface area contributed by atoms with Gasteiger partial charge >= 0.3 is 0 Å². The minimum Gasteiger partial charge on any atom is -0.493 e. The number of carbonyl (C=O) groups excluding carboxylic acids is 2. The van der Waals surface area contributed by atoms with Crippen LogP contribution < -0.4 is 20.1 Å². The highest BCUT2D eigenvalue weighted by Crippen LogP contribution is 2.27. The molecule has 6 nitrogen and oxygen atoms in total. The molecule has 0 aliphatic heterocycles. The number of carbonyl (C=O) groups is 2. The molecule has 0 aromatic heterocycles. The average molecular weight is 364 g/mol. The molecule has 146 valence electrons. The number of rotatable bonds is 10. The Bertz CT molecular complexity index is 599. The molecule has 0 heterocycles. The lowest BCUT2D eigenvalue weighted by Gasteiger charge is -2.22. The zero-order chi connectivity index (χ0) is 19.7. The molecule has 0 spiro atoms. The molecule has 26 heavy (non-hydrogen) atoms. The van der Waals surface area contributed by atoms with Crippen molar-refractivity contribution in [3.8, 4) is 11.5 Å². The van der Waals surface area contributed by atoms with Crippen molar-refractivity contribution in [2.45, 2.75) is 46.6 Å². The van der Waals surface area contributed by atoms with Crippen LogP contribution in [0.3, 0.4) is 0 Å². The maximum Gasteiger partial charge on any atom is 0.242 e. The molecule has 0 radical (unpaired) electrons. The molecule has 1 unspecified atom stereocenters. The Balaban J connectivity index is 2.59. The number of amides is 2. The minimum atomic E-state index is -0.522. The van der Waals surface area contributed by atoms with Gasteiger partial charge in [0.2, 0.25) is 11.8 Å². The Labute approximate surface area is 156 Å². The molecule has 0 aliphatic rings. The first-order valence-electron chi connectivity index (χ1n) is 9.06. The molecular formula is C20H32N2O4. The Morgan fingerprint density at radius 3 is 2.23 bits per heavy atom. The van der Waals surface area contributed by atoms with Crippen LogP contribution >= 0.6 is 0 Å². The predicted molar refractivity (Wildman–Crippen MR) is 102 cm³/mol. The fraction of sp³-hybridized carbons (Fsp3) is 0.600. The third-order valence-corrected chi connectivity index (χ3v) is 4.02. The van der Waals surface area contributed by atoms with Crippen molar-refractivity contribution in [2.75, 3.05) is 20.8 Å². The van der Waals surface area contributed by atoms with Crippen LogP contribution in [0.25, 0.3) is 0 Å². The zero-order valence-electron chi connectivity index (χ0n) is 16.7. The number of hydrogen-bond donors (Lipinski definition) is 2. The smallest absolute Gasteiger partial charge is 0.242 e. The molecule has 1 atom stereocenters. The predicted octanol–water partition coefficient (Wildman–Crippen LogP) is 2.55. The van der Waals surface area contributed by atoms with Crippen molar-refractivity contribution >= 4 is 11.8 Å². The Morgan fingerprint density at radius 1 is 1.04 bits per heavy atom. The van der Waals surface area contributed by atoms with E-state index in [1.165, 1.54) is 0 Å². The van der Waals surface area contributed by atoms with Gasteiger partial charge in [0.1, 0.15) is 6.04 Å². The molecule has 0 saturated carbocycles. The largest absolute Gasteiger partial charge is 0.493 e. The van der Waals surface area contributed by atoms with E-state index in [0.717, 1.165) is 5.56 Å². The number of nitrogens with one attached hydrogen (secondary N) is 2. The second-order valence-electron chi connectivity index (χ2n) is 7.12. The fourth-order valence-corrected chi connectivity index (χ4v) is 2.61. The fourth-order valence-electron chi connectivity index (χ4n) is 2.61. The first-order valence-corrected chi connectivity index (χ1v) is 9.06. The van der Waals surface area contributed by atoms with Crippen molar-refractivity contribution in [2.24, 2.45) is 11.8 Å². The van der Waals surface area contributed by atoms with Crippen LogP contribution in [-0.2, 0) is 16.0 Å². The van der Waals surface area contributed by atoms with Gasteiger partial charge in [0.25, 0.3) is 0 Å². The van der Waals surface area contributed by atoms with E-state index in [1.54, 1.807) is 14.2 Å². The third kappa shape index (κ3) is 6.94. The van der Waals surface area contributed by atoms with Crippen LogP contribution in [0.2, 0.25) is 0 Å². The summed E-state index contributed by atoms with van der Waals surface area (Å²) in [5.41, 5.74) is 1.04. The van der Waals surface area contributed by atoms with Crippen molar-refractivity contribution in [3.05, 3.63) is 23.8 Å². The zero-order valence-corrected chi connectivity index (χ0v) is 16.7. The lowest BCUT2D eigenvalue weighted by molar-refractivity contribution is -0.130. The van der Waals surface area contributed by atoms with Gasteiger partial charge in [-0.05, 0) is 36.0 Å². The molecule has 0 aliphatic carbocycles. The highest BCUT2D eigenvalue weighted by molar-refractivity contribution is 5.87. The van der Waals surface area contributed by atoms with Crippen LogP contribution in [0.15, 0.2) is 18.2 Å². The highest BCUT2D eigenvalue weighted by atomic mass is 16.5. The standard InChI is InChI=1S/C20H32N2O4/c1-13(2)11-18(23)22-19(14(3)4)20(24)21-10-9-15-7-8-16(25-5)17(12-15)26-6/h7-8,12-14,19H,9-11H2,1-6H3,(H,21,24)(H,22,23). The molecule has 2 N–H and O–H groups in total. The molecule has 0 bridgehead atoms. The van der Waals surface area contributed by atoms with Crippen molar-refractivity contribution in [3.63, 3.8) is 0 Å². The van der Waals surface area contributed by atoms with Gasteiger partial charge in [0.15, 0.2) is 11.5 Å². The molecule has 2 amide bonds. The van der Waals surface area contributed by atoms with Gasteiger partial charge in [0, 0.05) is 13.0 Å². The summed E-state index contributed by atoms with van der Waals surface area (Å²) < 4.78 is 10.5. The summed E-state index contributed by atoms with van der Waals surface area (Å²) in [4.78, 5) is 24.4. The molecular weight excluding hydrogens is 332 g/mol. The summed E-state index contributed by atoms with van der Waals surface area (Å²) in [5.74, 6) is 1.37. The molecule has 0 fully saturated rings. The van der Waals surface area contributed by atoms with E-state index in [4.69, 9.17) is 9.47 Å². The molecule has 1 rings (SSSR count). The Kier molecular flexibility index (Phi) is 8.96. The van der Waals surface area contributed by atoms with Crippen molar-refractivity contribution in [1.82, 2.24) is 10.6 Å². The number of hydrogen-bond acceptors (Lipinski definition) is 4. The van der Waals surface area contributed by atoms with Gasteiger partial charge in [-0.25, -0.2) is 0 Å². The summed E-state index contributed by atoms with van der Waals surface area (Å²) in [6.45, 7) is 8.29. The Morgan fingerprint density at radius 2 is 1.69 bits per heavy atom. The second kappa shape index (κ2) is 10.7. The van der Waals surface area contributed by atoms with E-state index in [-0.39, 0.29) is 23.7 Å². The second-order valence-corrected chi connectivity index (χ2v) is 7.12. The normalized spacial score (nSPS) is 12.0. The highest BCUT2D eigenvalue weighted by Gasteiger charge is 2.24. The lowest BCUT2D eigenvalue weighted by Crippen LogP contribution is -2.50. The minimum absolute atomic E-state index is 0.0205. The SMILES string of the molecule is COc1ccc(CCNC(=O)C(NC(=O)CC(C)C)C(C)C)cc1OC. The van der Waals surface area contributed by atoms with Gasteiger partial charge < -0.3 is 20.1 Å². The first-order chi connectivity index (χ1) is 12.3. The van der Waals surface area contributed by atoms with E-state index in [9.17, 15) is 9.59 Å². The number of ether oxygens (including phenoxy) is 2. The maximum atomic E-state index is 12.4. The van der Waals surface area contributed by atoms with Crippen LogP contribution in [0, 0.1) is 11.8 Å². The van der Waals surface area contributed by atoms with E-state index in [2.05, 4.69) is 10.6 Å². The van der Waals surface area contributed by atoms with Crippen LogP contribution in [0.5, 0.6) is 11.5 Å². The van der Waals surface area contributed by atoms with Gasteiger partial charge in [0.05, 0.1) is 14.2 Å². The van der Waals surface area contributed by atoms with Gasteiger partial charge in [-0.3, -0.25) is 9.59 Å². The average Bonchev–Trinajstić information content (AvgIpc) is 2.58. The first kappa shape index (κ1) is 21.8. The third-order valence-electron chi connectivity index (χ3n) is 4.02. The van der Waals surface area contributed by atoms with Crippen LogP contribution in [0.4, 0.5) is 0 Å². The molecule has 6 heteroatoms. The topological polar surface area (TPSA) is 76.7 Å². The lowest BCUT2D eigenvalue weighted by atomic mass is 10.0. The summed E-state index contributed by atoms with van der Waals surface area (Å²) in [5, 5.41) is 5.75. The van der Waals surface area contributed by atoms with E-state index >= 15 is 0 Å². The van der Waals surface area contributed by atoms with E-state index in [1.807, 2.05) is 45.9 Å². The summed E-state index contributed by atoms with van der Waals surface area (Å²) >= 11 is 0. The maximum absolute atomic E-state index is 12.4. The van der Waals surface area contributed by atoms with Gasteiger partial charge in [-0.1, -0.05) is 33.8 Å². The number of benzene rings is 1. The van der Waals surface area contributed by atoms with Crippen molar-refractivity contribution in [1.29, 1.82) is 0 Å². The van der Waals surface area contributed by atoms with Gasteiger partial charge in [-0.2, -0.15) is 0 Å². The summed E-state index contributed by atoms with van der Waals surface area (Å²) in [6.07, 6.45) is 1.08. The van der Waals surface area contributed by atoms with Crippen molar-refractivity contribution < 1.29 is 19.1 Å². The van der Waals surface area contributed by atoms with Gasteiger partial charge in [-0.15, -0.1) is 0 Å². The molecule has 1 aromatic carbocycles. The molecule has 0 saturated heterocycles. The summed E-state index contributed by atoms with van der Waals surface area (Å²) in [6, 6.07) is 5.17. The Hall–Kier alpha value is -2.24. The van der Waals surface area contributed by atoms with E-state index in [0.29, 0.717) is 30.9 Å². The van der Waals surface area contributed by atoms with Crippen LogP contribution in [-0.4, -0.2) is 38.6 Å². The number of methoxy groups -OCH3 is 2. The van der Waals surface area contributed by atoms with E-state index < -0.39 is 6.04 Å². The monoisotopic (exact) mass is 364 g/mol.